The number of rotatable bonds is 4. The maximum absolute atomic E-state index is 10.6. The predicted molar refractivity (Wildman–Crippen MR) is 68.6 cm³/mol. The minimum atomic E-state index is -0.848. The minimum Gasteiger partial charge on any atom is -0.497 e. The van der Waals surface area contributed by atoms with Crippen molar-refractivity contribution in [2.75, 3.05) is 7.11 Å². The van der Waals surface area contributed by atoms with Crippen LogP contribution in [0.3, 0.4) is 0 Å². The number of aryl methyl sites for hydroxylation is 1. The smallest absolute Gasteiger partial charge is 0.192 e. The van der Waals surface area contributed by atoms with Crippen LogP contribution in [0.4, 0.5) is 0 Å². The summed E-state index contributed by atoms with van der Waals surface area (Å²) in [4.78, 5) is 10.6. The van der Waals surface area contributed by atoms with E-state index in [1.807, 2.05) is 35.9 Å². The number of hydrogen-bond donors (Lipinski definition) is 0. The lowest BCUT2D eigenvalue weighted by Crippen LogP contribution is -1.91. The molecule has 0 radical (unpaired) electrons. The number of benzene rings is 1. The fourth-order valence-electron chi connectivity index (χ4n) is 1.94. The SMILES string of the molecule is CCn1cc(C(Cl)N=O)c2ccc(OC)cc21. The second-order valence-electron chi connectivity index (χ2n) is 3.69. The zero-order chi connectivity index (χ0) is 12.4. The van der Waals surface area contributed by atoms with Crippen molar-refractivity contribution in [1.82, 2.24) is 4.57 Å². The van der Waals surface area contributed by atoms with E-state index in [4.69, 9.17) is 16.3 Å². The summed E-state index contributed by atoms with van der Waals surface area (Å²) in [6, 6.07) is 5.67. The molecule has 0 N–H and O–H groups in total. The van der Waals surface area contributed by atoms with E-state index < -0.39 is 5.50 Å². The van der Waals surface area contributed by atoms with Crippen LogP contribution in [0.5, 0.6) is 5.75 Å². The lowest BCUT2D eigenvalue weighted by molar-refractivity contribution is 0.415. The number of alkyl halides is 1. The molecule has 0 amide bonds. The van der Waals surface area contributed by atoms with E-state index in [-0.39, 0.29) is 0 Å². The van der Waals surface area contributed by atoms with Gasteiger partial charge >= 0.3 is 0 Å². The molecule has 1 atom stereocenters. The van der Waals surface area contributed by atoms with Gasteiger partial charge in [-0.25, -0.2) is 0 Å². The first-order chi connectivity index (χ1) is 8.21. The molecule has 4 nitrogen and oxygen atoms in total. The Hall–Kier alpha value is -1.55. The second-order valence-corrected chi connectivity index (χ2v) is 4.11. The van der Waals surface area contributed by atoms with E-state index in [9.17, 15) is 4.91 Å². The summed E-state index contributed by atoms with van der Waals surface area (Å²) in [6.45, 7) is 2.83. The Morgan fingerprint density at radius 1 is 1.53 bits per heavy atom. The lowest BCUT2D eigenvalue weighted by Gasteiger charge is -2.03. The number of ether oxygens (including phenoxy) is 1. The molecule has 1 aromatic heterocycles. The molecule has 0 bridgehead atoms. The van der Waals surface area contributed by atoms with Gasteiger partial charge in [-0.2, -0.15) is 0 Å². The molecule has 0 aliphatic rings. The Kier molecular flexibility index (Phi) is 3.33. The highest BCUT2D eigenvalue weighted by Gasteiger charge is 2.16. The molecule has 0 aliphatic heterocycles. The van der Waals surface area contributed by atoms with Crippen molar-refractivity contribution in [2.24, 2.45) is 5.18 Å². The van der Waals surface area contributed by atoms with E-state index in [0.717, 1.165) is 28.8 Å². The molecule has 2 aromatic rings. The average molecular weight is 253 g/mol. The summed E-state index contributed by atoms with van der Waals surface area (Å²) in [5.74, 6) is 0.780. The summed E-state index contributed by atoms with van der Waals surface area (Å²) in [5, 5.41) is 3.81. The van der Waals surface area contributed by atoms with Gasteiger partial charge in [-0.05, 0) is 24.2 Å². The van der Waals surface area contributed by atoms with Crippen molar-refractivity contribution < 1.29 is 4.74 Å². The highest BCUT2D eigenvalue weighted by molar-refractivity contribution is 6.21. The van der Waals surface area contributed by atoms with Gasteiger partial charge in [0, 0.05) is 29.8 Å². The van der Waals surface area contributed by atoms with Crippen LogP contribution in [0.2, 0.25) is 0 Å². The topological polar surface area (TPSA) is 43.6 Å². The molecule has 0 saturated carbocycles. The molecule has 1 aromatic carbocycles. The van der Waals surface area contributed by atoms with Crippen molar-refractivity contribution in [1.29, 1.82) is 0 Å². The molecular formula is C12H13ClN2O2. The number of nitrogens with zero attached hydrogens (tertiary/aromatic N) is 2. The Morgan fingerprint density at radius 2 is 2.29 bits per heavy atom. The highest BCUT2D eigenvalue weighted by Crippen LogP contribution is 2.33. The Labute approximate surface area is 104 Å². The molecule has 5 heteroatoms. The number of halogens is 1. The van der Waals surface area contributed by atoms with Gasteiger partial charge in [-0.15, -0.1) is 4.91 Å². The van der Waals surface area contributed by atoms with Crippen LogP contribution >= 0.6 is 11.6 Å². The van der Waals surface area contributed by atoms with E-state index in [1.165, 1.54) is 0 Å². The maximum atomic E-state index is 10.6. The number of aromatic nitrogens is 1. The molecule has 0 spiro atoms. The largest absolute Gasteiger partial charge is 0.497 e. The zero-order valence-electron chi connectivity index (χ0n) is 9.68. The van der Waals surface area contributed by atoms with Crippen LogP contribution in [-0.2, 0) is 6.54 Å². The second kappa shape index (κ2) is 4.75. The zero-order valence-corrected chi connectivity index (χ0v) is 10.4. The van der Waals surface area contributed by atoms with Gasteiger partial charge in [0.05, 0.1) is 12.6 Å². The quantitative estimate of drug-likeness (QED) is 0.473. The fourth-order valence-corrected chi connectivity index (χ4v) is 2.11. The monoisotopic (exact) mass is 252 g/mol. The summed E-state index contributed by atoms with van der Waals surface area (Å²) in [5.41, 5.74) is 0.885. The maximum Gasteiger partial charge on any atom is 0.192 e. The third-order valence-electron chi connectivity index (χ3n) is 2.81. The Bertz CT molecular complexity index is 551. The number of nitroso groups, excluding NO2 is 1. The minimum absolute atomic E-state index is 0.737. The molecule has 0 aliphatic carbocycles. The number of methoxy groups -OCH3 is 1. The molecule has 1 unspecified atom stereocenters. The van der Waals surface area contributed by atoms with Crippen LogP contribution in [-0.4, -0.2) is 11.7 Å². The molecular weight excluding hydrogens is 240 g/mol. The van der Waals surface area contributed by atoms with Gasteiger partial charge in [-0.3, -0.25) is 0 Å². The first-order valence-corrected chi connectivity index (χ1v) is 5.78. The number of fused-ring (bicyclic) bond motifs is 1. The first kappa shape index (κ1) is 11.9. The Balaban J connectivity index is 2.68. The van der Waals surface area contributed by atoms with Crippen molar-refractivity contribution in [2.45, 2.75) is 19.0 Å². The van der Waals surface area contributed by atoms with Gasteiger partial charge in [0.2, 0.25) is 0 Å². The molecule has 1 heterocycles. The summed E-state index contributed by atoms with van der Waals surface area (Å²) in [7, 11) is 1.62. The van der Waals surface area contributed by atoms with Crippen molar-refractivity contribution >= 4 is 22.5 Å². The van der Waals surface area contributed by atoms with E-state index >= 15 is 0 Å². The lowest BCUT2D eigenvalue weighted by atomic mass is 10.1. The van der Waals surface area contributed by atoms with Crippen molar-refractivity contribution in [3.63, 3.8) is 0 Å². The van der Waals surface area contributed by atoms with Crippen LogP contribution < -0.4 is 4.74 Å². The van der Waals surface area contributed by atoms with Gasteiger partial charge in [0.25, 0.3) is 0 Å². The first-order valence-electron chi connectivity index (χ1n) is 5.34. The van der Waals surface area contributed by atoms with E-state index in [2.05, 4.69) is 5.18 Å². The fraction of sp³-hybridized carbons (Fsp3) is 0.333. The molecule has 90 valence electrons. The van der Waals surface area contributed by atoms with Gasteiger partial charge in [0.15, 0.2) is 5.50 Å². The third kappa shape index (κ3) is 2.00. The average Bonchev–Trinajstić information content (AvgIpc) is 2.75. The van der Waals surface area contributed by atoms with Crippen molar-refractivity contribution in [3.8, 4) is 5.75 Å². The molecule has 17 heavy (non-hydrogen) atoms. The van der Waals surface area contributed by atoms with Gasteiger partial charge in [0.1, 0.15) is 5.75 Å². The summed E-state index contributed by atoms with van der Waals surface area (Å²) in [6.07, 6.45) is 1.86. The van der Waals surface area contributed by atoms with Crippen LogP contribution in [0.25, 0.3) is 10.9 Å². The normalized spacial score (nSPS) is 12.6. The summed E-state index contributed by atoms with van der Waals surface area (Å²) < 4.78 is 7.21. The predicted octanol–water partition coefficient (Wildman–Crippen LogP) is 3.67. The molecule has 2 rings (SSSR count). The van der Waals surface area contributed by atoms with Gasteiger partial charge < -0.3 is 9.30 Å². The van der Waals surface area contributed by atoms with Crippen molar-refractivity contribution in [3.05, 3.63) is 34.9 Å². The Morgan fingerprint density at radius 3 is 2.88 bits per heavy atom. The van der Waals surface area contributed by atoms with Crippen LogP contribution in [0, 0.1) is 4.91 Å². The highest BCUT2D eigenvalue weighted by atomic mass is 35.5. The van der Waals surface area contributed by atoms with Gasteiger partial charge in [-0.1, -0.05) is 11.6 Å². The van der Waals surface area contributed by atoms with E-state index in [1.54, 1.807) is 7.11 Å². The summed E-state index contributed by atoms with van der Waals surface area (Å²) >= 11 is 5.89. The van der Waals surface area contributed by atoms with E-state index in [0.29, 0.717) is 0 Å². The van der Waals surface area contributed by atoms with Crippen LogP contribution in [0.1, 0.15) is 18.0 Å². The standard InChI is InChI=1S/C12H13ClN2O2/c1-3-15-7-10(12(13)14-16)9-5-4-8(17-2)6-11(9)15/h4-7,12H,3H2,1-2H3. The molecule has 0 fully saturated rings. The number of hydrogen-bond acceptors (Lipinski definition) is 3. The van der Waals surface area contributed by atoms with Crippen LogP contribution in [0.15, 0.2) is 29.6 Å². The molecule has 0 saturated heterocycles. The third-order valence-corrected chi connectivity index (χ3v) is 3.12.